The first-order valence-electron chi connectivity index (χ1n) is 5.31. The molecule has 2 aromatic rings. The van der Waals surface area contributed by atoms with Gasteiger partial charge in [-0.3, -0.25) is 5.41 Å². The van der Waals surface area contributed by atoms with Gasteiger partial charge in [-0.25, -0.2) is 9.37 Å². The van der Waals surface area contributed by atoms with Crippen LogP contribution < -0.4 is 10.5 Å². The summed E-state index contributed by atoms with van der Waals surface area (Å²) in [5, 5.41) is 7.40. The lowest BCUT2D eigenvalue weighted by atomic mass is 10.2. The van der Waals surface area contributed by atoms with E-state index in [2.05, 4.69) is 4.98 Å². The number of pyridine rings is 1. The Hall–Kier alpha value is -2.43. The summed E-state index contributed by atoms with van der Waals surface area (Å²) in [5.41, 5.74) is 6.32. The lowest BCUT2D eigenvalue weighted by Gasteiger charge is -2.09. The van der Waals surface area contributed by atoms with Crippen molar-refractivity contribution in [3.8, 4) is 11.6 Å². The second kappa shape index (κ2) is 4.83. The summed E-state index contributed by atoms with van der Waals surface area (Å²) in [6, 6.07) is 7.79. The molecule has 5 heteroatoms. The second-order valence-electron chi connectivity index (χ2n) is 3.78. The number of aryl methyl sites for hydroxylation is 1. The molecule has 0 aliphatic carbocycles. The molecule has 1 aromatic heterocycles. The topological polar surface area (TPSA) is 72.0 Å². The number of ether oxygens (including phenoxy) is 1. The maximum Gasteiger partial charge on any atom is 0.230 e. The average molecular weight is 245 g/mol. The van der Waals surface area contributed by atoms with E-state index in [9.17, 15) is 4.39 Å². The van der Waals surface area contributed by atoms with Crippen molar-refractivity contribution in [3.05, 3.63) is 53.5 Å². The molecule has 0 spiro atoms. The van der Waals surface area contributed by atoms with E-state index in [4.69, 9.17) is 15.9 Å². The van der Waals surface area contributed by atoms with Gasteiger partial charge in [0.15, 0.2) is 0 Å². The lowest BCUT2D eigenvalue weighted by molar-refractivity contribution is 0.456. The van der Waals surface area contributed by atoms with E-state index in [0.717, 1.165) is 0 Å². The Balaban J connectivity index is 2.34. The van der Waals surface area contributed by atoms with Crippen LogP contribution in [-0.2, 0) is 0 Å². The number of hydrogen-bond donors (Lipinski definition) is 2. The predicted molar refractivity (Wildman–Crippen MR) is 66.5 cm³/mol. The van der Waals surface area contributed by atoms with Gasteiger partial charge < -0.3 is 10.5 Å². The normalized spacial score (nSPS) is 10.1. The van der Waals surface area contributed by atoms with Gasteiger partial charge in [0.2, 0.25) is 5.88 Å². The van der Waals surface area contributed by atoms with Crippen molar-refractivity contribution in [2.75, 3.05) is 0 Å². The molecule has 0 saturated carbocycles. The first-order valence-corrected chi connectivity index (χ1v) is 5.31. The molecule has 18 heavy (non-hydrogen) atoms. The Morgan fingerprint density at radius 1 is 1.39 bits per heavy atom. The van der Waals surface area contributed by atoms with Crippen molar-refractivity contribution in [1.29, 1.82) is 5.41 Å². The van der Waals surface area contributed by atoms with Gasteiger partial charge in [0.25, 0.3) is 0 Å². The number of nitrogens with zero attached hydrogens (tertiary/aromatic N) is 1. The van der Waals surface area contributed by atoms with Gasteiger partial charge in [0, 0.05) is 12.3 Å². The van der Waals surface area contributed by atoms with E-state index in [1.54, 1.807) is 31.2 Å². The van der Waals surface area contributed by atoms with Crippen molar-refractivity contribution < 1.29 is 9.13 Å². The van der Waals surface area contributed by atoms with Crippen LogP contribution >= 0.6 is 0 Å². The zero-order valence-corrected chi connectivity index (χ0v) is 9.77. The third-order valence-corrected chi connectivity index (χ3v) is 2.42. The van der Waals surface area contributed by atoms with Crippen LogP contribution in [0.25, 0.3) is 0 Å². The largest absolute Gasteiger partial charge is 0.438 e. The number of amidine groups is 1. The Bertz CT molecular complexity index is 599. The predicted octanol–water partition coefficient (Wildman–Crippen LogP) is 2.61. The Labute approximate surface area is 104 Å². The molecule has 3 N–H and O–H groups in total. The highest BCUT2D eigenvalue weighted by Gasteiger charge is 2.09. The maximum absolute atomic E-state index is 13.4. The maximum atomic E-state index is 13.4. The standard InChI is InChI=1S/C13H12FN3O/c1-8-4-5-9(7-11(8)14)18-13-10(12(15)16)3-2-6-17-13/h2-7H,1H3,(H3,15,16). The van der Waals surface area contributed by atoms with Gasteiger partial charge in [0.05, 0.1) is 5.56 Å². The van der Waals surface area contributed by atoms with Crippen LogP contribution in [0.15, 0.2) is 36.5 Å². The first kappa shape index (κ1) is 12.0. The third kappa shape index (κ3) is 2.45. The molecule has 1 heterocycles. The molecule has 0 unspecified atom stereocenters. The molecule has 0 aliphatic heterocycles. The minimum absolute atomic E-state index is 0.148. The number of rotatable bonds is 3. The van der Waals surface area contributed by atoms with Gasteiger partial charge in [-0.15, -0.1) is 0 Å². The van der Waals surface area contributed by atoms with Crippen LogP contribution in [0, 0.1) is 18.2 Å². The molecule has 0 aliphatic rings. The molecule has 1 aromatic carbocycles. The Morgan fingerprint density at radius 3 is 2.83 bits per heavy atom. The molecule has 2 rings (SSSR count). The van der Waals surface area contributed by atoms with Crippen LogP contribution in [0.4, 0.5) is 4.39 Å². The van der Waals surface area contributed by atoms with Gasteiger partial charge >= 0.3 is 0 Å². The van der Waals surface area contributed by atoms with E-state index in [-0.39, 0.29) is 17.5 Å². The summed E-state index contributed by atoms with van der Waals surface area (Å²) in [6.45, 7) is 1.67. The van der Waals surface area contributed by atoms with Crippen molar-refractivity contribution >= 4 is 5.84 Å². The summed E-state index contributed by atoms with van der Waals surface area (Å²) in [5.74, 6) is 0.00560. The third-order valence-electron chi connectivity index (χ3n) is 2.42. The number of halogens is 1. The zero-order valence-electron chi connectivity index (χ0n) is 9.77. The van der Waals surface area contributed by atoms with Crippen molar-refractivity contribution in [1.82, 2.24) is 4.98 Å². The van der Waals surface area contributed by atoms with E-state index in [1.807, 2.05) is 0 Å². The zero-order chi connectivity index (χ0) is 13.1. The Morgan fingerprint density at radius 2 is 2.17 bits per heavy atom. The van der Waals surface area contributed by atoms with Gasteiger partial charge in [-0.05, 0) is 30.7 Å². The van der Waals surface area contributed by atoms with Crippen LogP contribution in [0.5, 0.6) is 11.6 Å². The van der Waals surface area contributed by atoms with E-state index >= 15 is 0 Å². The number of nitrogens with one attached hydrogen (secondary N) is 1. The highest BCUT2D eigenvalue weighted by atomic mass is 19.1. The molecule has 0 fully saturated rings. The molecule has 92 valence electrons. The highest BCUT2D eigenvalue weighted by molar-refractivity contribution is 5.97. The Kier molecular flexibility index (Phi) is 3.23. The smallest absolute Gasteiger partial charge is 0.230 e. The molecule has 4 nitrogen and oxygen atoms in total. The van der Waals surface area contributed by atoms with Crippen LogP contribution in [0.1, 0.15) is 11.1 Å². The van der Waals surface area contributed by atoms with Crippen LogP contribution in [-0.4, -0.2) is 10.8 Å². The molecular weight excluding hydrogens is 233 g/mol. The minimum Gasteiger partial charge on any atom is -0.438 e. The average Bonchev–Trinajstić information content (AvgIpc) is 2.34. The molecule has 0 saturated heterocycles. The molecule has 0 atom stereocenters. The highest BCUT2D eigenvalue weighted by Crippen LogP contribution is 2.24. The second-order valence-corrected chi connectivity index (χ2v) is 3.78. The van der Waals surface area contributed by atoms with Crippen LogP contribution in [0.3, 0.4) is 0 Å². The summed E-state index contributed by atoms with van der Waals surface area (Å²) in [4.78, 5) is 3.98. The van der Waals surface area contributed by atoms with E-state index in [0.29, 0.717) is 16.9 Å². The molecule has 0 bridgehead atoms. The van der Waals surface area contributed by atoms with Crippen molar-refractivity contribution in [3.63, 3.8) is 0 Å². The SMILES string of the molecule is Cc1ccc(Oc2ncccc2C(=N)N)cc1F. The molecule has 0 radical (unpaired) electrons. The lowest BCUT2D eigenvalue weighted by Crippen LogP contribution is -2.12. The monoisotopic (exact) mass is 245 g/mol. The number of nitrogen functional groups attached to an aromatic ring is 1. The first-order chi connectivity index (χ1) is 8.58. The minimum atomic E-state index is -0.354. The summed E-state index contributed by atoms with van der Waals surface area (Å²) >= 11 is 0. The number of aromatic nitrogens is 1. The number of nitrogens with two attached hydrogens (primary N) is 1. The van der Waals surface area contributed by atoms with Crippen molar-refractivity contribution in [2.24, 2.45) is 5.73 Å². The van der Waals surface area contributed by atoms with E-state index in [1.165, 1.54) is 12.3 Å². The molecular formula is C13H12FN3O. The summed E-state index contributed by atoms with van der Waals surface area (Å²) in [7, 11) is 0. The number of benzene rings is 1. The fraction of sp³-hybridized carbons (Fsp3) is 0.0769. The summed E-state index contributed by atoms with van der Waals surface area (Å²) in [6.07, 6.45) is 1.52. The van der Waals surface area contributed by atoms with Gasteiger partial charge in [-0.1, -0.05) is 6.07 Å². The van der Waals surface area contributed by atoms with Crippen LogP contribution in [0.2, 0.25) is 0 Å². The fourth-order valence-electron chi connectivity index (χ4n) is 1.43. The molecule has 0 amide bonds. The van der Waals surface area contributed by atoms with E-state index < -0.39 is 0 Å². The summed E-state index contributed by atoms with van der Waals surface area (Å²) < 4.78 is 18.8. The van der Waals surface area contributed by atoms with Gasteiger partial charge in [-0.2, -0.15) is 0 Å². The number of hydrogen-bond acceptors (Lipinski definition) is 3. The van der Waals surface area contributed by atoms with Gasteiger partial charge in [0.1, 0.15) is 17.4 Å². The quantitative estimate of drug-likeness (QED) is 0.645. The van der Waals surface area contributed by atoms with Crippen molar-refractivity contribution in [2.45, 2.75) is 6.92 Å². The fourth-order valence-corrected chi connectivity index (χ4v) is 1.43.